The summed E-state index contributed by atoms with van der Waals surface area (Å²) in [6.45, 7) is -0.375. The number of pyridine rings is 2. The Bertz CT molecular complexity index is 802. The van der Waals surface area contributed by atoms with Crippen LogP contribution in [0.2, 0.25) is 0 Å². The normalized spacial score (nSPS) is 23.8. The molecule has 1 amide bonds. The number of ether oxygens (including phenoxy) is 2. The molecule has 3 rings (SSSR count). The first-order valence-electron chi connectivity index (χ1n) is 8.82. The maximum absolute atomic E-state index is 12.7. The van der Waals surface area contributed by atoms with Gasteiger partial charge in [0.15, 0.2) is 0 Å². The van der Waals surface area contributed by atoms with E-state index in [0.717, 1.165) is 0 Å². The predicted molar refractivity (Wildman–Crippen MR) is 98.3 cm³/mol. The fourth-order valence-corrected chi connectivity index (χ4v) is 3.11. The Kier molecular flexibility index (Phi) is 6.17. The Labute approximate surface area is 156 Å². The fraction of sp³-hybridized carbons (Fsp3) is 0.500. The molecule has 9 heteroatoms. The number of carbonyl (C=O) groups is 1. The maximum atomic E-state index is 12.7. The van der Waals surface area contributed by atoms with Gasteiger partial charge in [-0.25, -0.2) is 4.98 Å². The number of aliphatic hydroxyl groups excluding tert-OH is 2. The molecule has 0 bridgehead atoms. The number of methoxy groups -OCH3 is 1. The number of nitrogens with two attached hydrogens (primary N) is 1. The standard InChI is InChI=1S/C18H24N4O5/c1-26-16-5-3-12-17(22-16)13(6-7-20-12)21-18(25)14-4-2-11(19)15(27-14)8-10(24)9-23/h3,5-7,10-11,14-15,23-24H,2,4,8-9,19H2,1H3,(H,20,21,25)/t10?,11-,14+,15+/m1/s1. The van der Waals surface area contributed by atoms with E-state index in [9.17, 15) is 9.90 Å². The van der Waals surface area contributed by atoms with Crippen LogP contribution >= 0.6 is 0 Å². The zero-order valence-electron chi connectivity index (χ0n) is 15.0. The highest BCUT2D eigenvalue weighted by molar-refractivity contribution is 6.01. The molecule has 0 spiro atoms. The van der Waals surface area contributed by atoms with Gasteiger partial charge in [0.2, 0.25) is 5.88 Å². The van der Waals surface area contributed by atoms with Gasteiger partial charge in [-0.2, -0.15) is 0 Å². The third kappa shape index (κ3) is 4.51. The van der Waals surface area contributed by atoms with Crippen molar-refractivity contribution in [2.24, 2.45) is 5.73 Å². The van der Waals surface area contributed by atoms with E-state index in [1.807, 2.05) is 0 Å². The molecule has 0 aromatic carbocycles. The van der Waals surface area contributed by atoms with Gasteiger partial charge in [-0.15, -0.1) is 0 Å². The molecule has 9 nitrogen and oxygen atoms in total. The van der Waals surface area contributed by atoms with Crippen molar-refractivity contribution in [1.29, 1.82) is 0 Å². The van der Waals surface area contributed by atoms with Crippen LogP contribution in [-0.4, -0.2) is 64.2 Å². The van der Waals surface area contributed by atoms with Gasteiger partial charge in [0.05, 0.1) is 37.1 Å². The Morgan fingerprint density at radius 3 is 3.00 bits per heavy atom. The third-order valence-electron chi connectivity index (χ3n) is 4.61. The van der Waals surface area contributed by atoms with E-state index in [4.69, 9.17) is 20.3 Å². The number of nitrogens with one attached hydrogen (secondary N) is 1. The minimum absolute atomic E-state index is 0.179. The molecule has 1 unspecified atom stereocenters. The first-order valence-corrected chi connectivity index (χ1v) is 8.82. The molecule has 5 N–H and O–H groups in total. The summed E-state index contributed by atoms with van der Waals surface area (Å²) in [5, 5.41) is 21.5. The molecular formula is C18H24N4O5. The number of hydrogen-bond acceptors (Lipinski definition) is 8. The molecule has 2 aromatic rings. The average Bonchev–Trinajstić information content (AvgIpc) is 2.69. The van der Waals surface area contributed by atoms with Gasteiger partial charge < -0.3 is 30.7 Å². The highest BCUT2D eigenvalue weighted by Gasteiger charge is 2.34. The second kappa shape index (κ2) is 8.57. The van der Waals surface area contributed by atoms with Crippen LogP contribution in [0.1, 0.15) is 19.3 Å². The van der Waals surface area contributed by atoms with Crippen molar-refractivity contribution in [2.75, 3.05) is 19.0 Å². The van der Waals surface area contributed by atoms with Gasteiger partial charge in [0.1, 0.15) is 11.6 Å². The summed E-state index contributed by atoms with van der Waals surface area (Å²) < 4.78 is 10.9. The van der Waals surface area contributed by atoms with Gasteiger partial charge in [-0.1, -0.05) is 0 Å². The van der Waals surface area contributed by atoms with Crippen molar-refractivity contribution in [2.45, 2.75) is 43.6 Å². The lowest BCUT2D eigenvalue weighted by Gasteiger charge is -2.34. The first kappa shape index (κ1) is 19.4. The van der Waals surface area contributed by atoms with Crippen LogP contribution in [0.4, 0.5) is 5.69 Å². The van der Waals surface area contributed by atoms with Crippen molar-refractivity contribution >= 4 is 22.6 Å². The molecule has 1 fully saturated rings. The van der Waals surface area contributed by atoms with Crippen LogP contribution in [0.5, 0.6) is 5.88 Å². The average molecular weight is 376 g/mol. The minimum Gasteiger partial charge on any atom is -0.481 e. The summed E-state index contributed by atoms with van der Waals surface area (Å²) >= 11 is 0. The number of anilines is 1. The predicted octanol–water partition coefficient (Wildman–Crippen LogP) is 0.195. The van der Waals surface area contributed by atoms with E-state index in [1.165, 1.54) is 7.11 Å². The van der Waals surface area contributed by atoms with Crippen LogP contribution in [-0.2, 0) is 9.53 Å². The van der Waals surface area contributed by atoms with E-state index in [-0.39, 0.29) is 25.0 Å². The van der Waals surface area contributed by atoms with E-state index in [0.29, 0.717) is 35.4 Å². The molecule has 3 heterocycles. The monoisotopic (exact) mass is 376 g/mol. The molecule has 1 aliphatic rings. The molecule has 2 aromatic heterocycles. The maximum Gasteiger partial charge on any atom is 0.253 e. The number of aromatic nitrogens is 2. The number of amides is 1. The smallest absolute Gasteiger partial charge is 0.253 e. The summed E-state index contributed by atoms with van der Waals surface area (Å²) in [5.41, 5.74) is 7.68. The highest BCUT2D eigenvalue weighted by Crippen LogP contribution is 2.25. The quantitative estimate of drug-likeness (QED) is 0.560. The molecule has 146 valence electrons. The van der Waals surface area contributed by atoms with Crippen LogP contribution in [0.3, 0.4) is 0 Å². The van der Waals surface area contributed by atoms with Crippen molar-refractivity contribution in [1.82, 2.24) is 9.97 Å². The van der Waals surface area contributed by atoms with Gasteiger partial charge in [0.25, 0.3) is 5.91 Å². The molecule has 4 atom stereocenters. The van der Waals surface area contributed by atoms with E-state index < -0.39 is 18.3 Å². The van der Waals surface area contributed by atoms with Gasteiger partial charge >= 0.3 is 0 Å². The first-order chi connectivity index (χ1) is 13.0. The zero-order chi connectivity index (χ0) is 19.4. The van der Waals surface area contributed by atoms with Crippen LogP contribution in [0.15, 0.2) is 24.4 Å². The Morgan fingerprint density at radius 1 is 1.44 bits per heavy atom. The largest absolute Gasteiger partial charge is 0.481 e. The summed E-state index contributed by atoms with van der Waals surface area (Å²) in [6.07, 6.45) is 0.702. The van der Waals surface area contributed by atoms with E-state index in [1.54, 1.807) is 24.4 Å². The van der Waals surface area contributed by atoms with Gasteiger partial charge in [-0.3, -0.25) is 9.78 Å². The second-order valence-electron chi connectivity index (χ2n) is 6.55. The van der Waals surface area contributed by atoms with Crippen LogP contribution in [0, 0.1) is 0 Å². The number of hydrogen-bond donors (Lipinski definition) is 4. The van der Waals surface area contributed by atoms with Gasteiger partial charge in [0, 0.05) is 24.7 Å². The van der Waals surface area contributed by atoms with Crippen LogP contribution < -0.4 is 15.8 Å². The van der Waals surface area contributed by atoms with Crippen LogP contribution in [0.25, 0.3) is 11.0 Å². The van der Waals surface area contributed by atoms with Crippen molar-refractivity contribution < 1.29 is 24.5 Å². The lowest BCUT2D eigenvalue weighted by molar-refractivity contribution is -0.140. The SMILES string of the molecule is COc1ccc2nccc(NC(=O)[C@@H]3CC[C@@H](N)[C@H](CC(O)CO)O3)c2n1. The topological polar surface area (TPSA) is 140 Å². The summed E-state index contributed by atoms with van der Waals surface area (Å²) in [4.78, 5) is 21.3. The number of rotatable bonds is 6. The zero-order valence-corrected chi connectivity index (χ0v) is 15.0. The molecule has 1 aliphatic heterocycles. The number of fused-ring (bicyclic) bond motifs is 1. The highest BCUT2D eigenvalue weighted by atomic mass is 16.5. The number of aliphatic hydroxyl groups is 2. The van der Waals surface area contributed by atoms with E-state index in [2.05, 4.69) is 15.3 Å². The third-order valence-corrected chi connectivity index (χ3v) is 4.61. The summed E-state index contributed by atoms with van der Waals surface area (Å²) in [7, 11) is 1.52. The summed E-state index contributed by atoms with van der Waals surface area (Å²) in [6, 6.07) is 4.83. The Morgan fingerprint density at radius 2 is 2.26 bits per heavy atom. The fourth-order valence-electron chi connectivity index (χ4n) is 3.11. The van der Waals surface area contributed by atoms with E-state index >= 15 is 0 Å². The van der Waals surface area contributed by atoms with Gasteiger partial charge in [-0.05, 0) is 25.0 Å². The lowest BCUT2D eigenvalue weighted by Crippen LogP contribution is -2.49. The number of nitrogens with zero attached hydrogens (tertiary/aromatic N) is 2. The van der Waals surface area contributed by atoms with Crippen molar-refractivity contribution in [3.8, 4) is 5.88 Å². The van der Waals surface area contributed by atoms with Crippen molar-refractivity contribution in [3.63, 3.8) is 0 Å². The van der Waals surface area contributed by atoms with Crippen molar-refractivity contribution in [3.05, 3.63) is 24.4 Å². The lowest BCUT2D eigenvalue weighted by atomic mass is 9.95. The molecule has 27 heavy (non-hydrogen) atoms. The second-order valence-corrected chi connectivity index (χ2v) is 6.55. The molecular weight excluding hydrogens is 352 g/mol. The molecule has 0 saturated carbocycles. The molecule has 0 radical (unpaired) electrons. The Hall–Kier alpha value is -2.33. The minimum atomic E-state index is -0.927. The molecule has 0 aliphatic carbocycles. The summed E-state index contributed by atoms with van der Waals surface area (Å²) in [5.74, 6) is 0.103. The molecule has 1 saturated heterocycles. The number of carbonyl (C=O) groups excluding carboxylic acids is 1. The Balaban J connectivity index is 1.74.